The van der Waals surface area contributed by atoms with Gasteiger partial charge in [-0.15, -0.1) is 0 Å². The van der Waals surface area contributed by atoms with Crippen molar-refractivity contribution in [3.8, 4) is 0 Å². The number of aliphatic carboxylic acids is 2. The lowest BCUT2D eigenvalue weighted by Crippen LogP contribution is -2.37. The normalized spacial score (nSPS) is 12.4. The summed E-state index contributed by atoms with van der Waals surface area (Å²) in [7, 11) is 0. The van der Waals surface area contributed by atoms with E-state index in [9.17, 15) is 9.59 Å². The first-order valence-corrected chi connectivity index (χ1v) is 4.26. The van der Waals surface area contributed by atoms with Crippen molar-refractivity contribution in [1.29, 1.82) is 0 Å². The summed E-state index contributed by atoms with van der Waals surface area (Å²) < 4.78 is 0. The molecule has 0 radical (unpaired) electrons. The monoisotopic (exact) mass is 189 g/mol. The van der Waals surface area contributed by atoms with Gasteiger partial charge in [-0.1, -0.05) is 13.3 Å². The van der Waals surface area contributed by atoms with E-state index in [1.54, 1.807) is 0 Å². The maximum atomic E-state index is 10.6. The van der Waals surface area contributed by atoms with Gasteiger partial charge in [0.15, 0.2) is 0 Å². The molecule has 0 aliphatic heterocycles. The van der Waals surface area contributed by atoms with E-state index in [2.05, 4.69) is 5.32 Å². The van der Waals surface area contributed by atoms with Crippen molar-refractivity contribution in [2.75, 3.05) is 6.54 Å². The van der Waals surface area contributed by atoms with Gasteiger partial charge in [-0.05, 0) is 6.42 Å². The molecule has 1 atom stereocenters. The van der Waals surface area contributed by atoms with E-state index in [1.165, 1.54) is 0 Å². The molecule has 0 bridgehead atoms. The van der Waals surface area contributed by atoms with Gasteiger partial charge in [0.25, 0.3) is 0 Å². The minimum Gasteiger partial charge on any atom is -0.481 e. The molecule has 0 rings (SSSR count). The van der Waals surface area contributed by atoms with Crippen molar-refractivity contribution in [2.45, 2.75) is 32.2 Å². The van der Waals surface area contributed by atoms with Crippen molar-refractivity contribution in [3.63, 3.8) is 0 Å². The summed E-state index contributed by atoms with van der Waals surface area (Å²) in [6.07, 6.45) is 1.24. The summed E-state index contributed by atoms with van der Waals surface area (Å²) in [6, 6.07) is -0.621. The zero-order chi connectivity index (χ0) is 10.3. The van der Waals surface area contributed by atoms with E-state index in [-0.39, 0.29) is 13.0 Å². The Morgan fingerprint density at radius 1 is 1.38 bits per heavy atom. The molecule has 0 aliphatic rings. The minimum absolute atomic E-state index is 0.0481. The molecule has 76 valence electrons. The first-order valence-electron chi connectivity index (χ1n) is 4.26. The van der Waals surface area contributed by atoms with Gasteiger partial charge in [-0.2, -0.15) is 0 Å². The lowest BCUT2D eigenvalue weighted by molar-refractivity contribution is -0.141. The highest BCUT2D eigenvalue weighted by molar-refractivity contribution is 5.73. The van der Waals surface area contributed by atoms with Crippen LogP contribution < -0.4 is 5.32 Å². The van der Waals surface area contributed by atoms with Gasteiger partial charge in [-0.3, -0.25) is 9.59 Å². The van der Waals surface area contributed by atoms with Crippen LogP contribution in [0.3, 0.4) is 0 Å². The van der Waals surface area contributed by atoms with E-state index >= 15 is 0 Å². The van der Waals surface area contributed by atoms with Crippen LogP contribution in [-0.2, 0) is 9.59 Å². The quantitative estimate of drug-likeness (QED) is 0.536. The summed E-state index contributed by atoms with van der Waals surface area (Å²) in [5.74, 6) is -1.85. The molecule has 0 heterocycles. The standard InChI is InChI=1S/C8H15NO4/c1-2-3-6(8(12)13)9-5-4-7(10)11/h6,9H,2-5H2,1H3,(H,10,11)(H,12,13)/t6-/m1/s1. The Kier molecular flexibility index (Phi) is 5.88. The Morgan fingerprint density at radius 3 is 2.38 bits per heavy atom. The average molecular weight is 189 g/mol. The molecule has 0 saturated carbocycles. The van der Waals surface area contributed by atoms with E-state index in [0.717, 1.165) is 6.42 Å². The number of carbonyl (C=O) groups is 2. The van der Waals surface area contributed by atoms with Crippen molar-refractivity contribution < 1.29 is 19.8 Å². The fraction of sp³-hybridized carbons (Fsp3) is 0.750. The van der Waals surface area contributed by atoms with Gasteiger partial charge in [0, 0.05) is 6.54 Å². The molecule has 0 aromatic carbocycles. The molecule has 0 unspecified atom stereocenters. The molecule has 0 aromatic rings. The number of carboxylic acid groups (broad SMARTS) is 2. The fourth-order valence-corrected chi connectivity index (χ4v) is 0.955. The second kappa shape index (κ2) is 6.42. The van der Waals surface area contributed by atoms with Crippen LogP contribution in [0.4, 0.5) is 0 Å². The van der Waals surface area contributed by atoms with Crippen molar-refractivity contribution in [3.05, 3.63) is 0 Å². The Labute approximate surface area is 76.8 Å². The summed E-state index contributed by atoms with van der Waals surface area (Å²) in [5, 5.41) is 19.6. The predicted octanol–water partition coefficient (Wildman–Crippen LogP) is 0.304. The van der Waals surface area contributed by atoms with Crippen LogP contribution in [0.2, 0.25) is 0 Å². The maximum absolute atomic E-state index is 10.6. The number of rotatable bonds is 7. The summed E-state index contributed by atoms with van der Waals surface area (Å²) in [6.45, 7) is 2.08. The van der Waals surface area contributed by atoms with Crippen LogP contribution in [0, 0.1) is 0 Å². The highest BCUT2D eigenvalue weighted by Gasteiger charge is 2.14. The highest BCUT2D eigenvalue weighted by atomic mass is 16.4. The zero-order valence-corrected chi connectivity index (χ0v) is 7.62. The molecule has 5 nitrogen and oxygen atoms in total. The van der Waals surface area contributed by atoms with Gasteiger partial charge in [0.05, 0.1) is 6.42 Å². The number of hydrogen-bond donors (Lipinski definition) is 3. The first kappa shape index (κ1) is 11.9. The second-order valence-corrected chi connectivity index (χ2v) is 2.78. The third-order valence-corrected chi connectivity index (χ3v) is 1.61. The van der Waals surface area contributed by atoms with Gasteiger partial charge in [-0.25, -0.2) is 0 Å². The van der Waals surface area contributed by atoms with E-state index in [1.807, 2.05) is 6.92 Å². The zero-order valence-electron chi connectivity index (χ0n) is 7.62. The Balaban J connectivity index is 3.69. The van der Waals surface area contributed by atoms with Gasteiger partial charge in [0.2, 0.25) is 0 Å². The smallest absolute Gasteiger partial charge is 0.320 e. The molecular weight excluding hydrogens is 174 g/mol. The SMILES string of the molecule is CCC[C@@H](NCCC(=O)O)C(=O)O. The molecule has 3 N–H and O–H groups in total. The third kappa shape index (κ3) is 6.10. The van der Waals surface area contributed by atoms with Crippen LogP contribution in [0.1, 0.15) is 26.2 Å². The van der Waals surface area contributed by atoms with E-state index in [0.29, 0.717) is 6.42 Å². The molecule has 0 fully saturated rings. The fourth-order valence-electron chi connectivity index (χ4n) is 0.955. The van der Waals surface area contributed by atoms with Crippen LogP contribution in [0.5, 0.6) is 0 Å². The van der Waals surface area contributed by atoms with E-state index in [4.69, 9.17) is 10.2 Å². The predicted molar refractivity (Wildman–Crippen MR) is 46.6 cm³/mol. The van der Waals surface area contributed by atoms with Gasteiger partial charge < -0.3 is 15.5 Å². The topological polar surface area (TPSA) is 86.6 Å². The number of hydrogen-bond acceptors (Lipinski definition) is 3. The van der Waals surface area contributed by atoms with Crippen LogP contribution >= 0.6 is 0 Å². The third-order valence-electron chi connectivity index (χ3n) is 1.61. The van der Waals surface area contributed by atoms with Crippen molar-refractivity contribution in [1.82, 2.24) is 5.32 Å². The Morgan fingerprint density at radius 2 is 2.00 bits per heavy atom. The molecule has 0 saturated heterocycles. The van der Waals surface area contributed by atoms with Crippen LogP contribution in [-0.4, -0.2) is 34.7 Å². The Bertz CT molecular complexity index is 181. The molecule has 5 heteroatoms. The molecule has 0 spiro atoms. The lowest BCUT2D eigenvalue weighted by atomic mass is 10.1. The summed E-state index contributed by atoms with van der Waals surface area (Å²) in [4.78, 5) is 20.7. The summed E-state index contributed by atoms with van der Waals surface area (Å²) >= 11 is 0. The first-order chi connectivity index (χ1) is 6.07. The molecule has 0 aliphatic carbocycles. The lowest BCUT2D eigenvalue weighted by Gasteiger charge is -2.11. The minimum atomic E-state index is -0.924. The van der Waals surface area contributed by atoms with Crippen molar-refractivity contribution in [2.24, 2.45) is 0 Å². The highest BCUT2D eigenvalue weighted by Crippen LogP contribution is 1.96. The van der Waals surface area contributed by atoms with E-state index < -0.39 is 18.0 Å². The van der Waals surface area contributed by atoms with Crippen LogP contribution in [0.25, 0.3) is 0 Å². The molecule has 0 amide bonds. The van der Waals surface area contributed by atoms with Gasteiger partial charge >= 0.3 is 11.9 Å². The molecular formula is C8H15NO4. The van der Waals surface area contributed by atoms with Crippen LogP contribution in [0.15, 0.2) is 0 Å². The summed E-state index contributed by atoms with van der Waals surface area (Å²) in [5.41, 5.74) is 0. The second-order valence-electron chi connectivity index (χ2n) is 2.78. The Hall–Kier alpha value is -1.10. The number of carboxylic acids is 2. The average Bonchev–Trinajstić information content (AvgIpc) is 2.02. The largest absolute Gasteiger partial charge is 0.481 e. The maximum Gasteiger partial charge on any atom is 0.320 e. The molecule has 0 aromatic heterocycles. The number of nitrogens with one attached hydrogen (secondary N) is 1. The van der Waals surface area contributed by atoms with Gasteiger partial charge in [0.1, 0.15) is 6.04 Å². The van der Waals surface area contributed by atoms with Crippen molar-refractivity contribution >= 4 is 11.9 Å². The molecule has 13 heavy (non-hydrogen) atoms.